The molecule has 1 aliphatic carbocycles. The number of rotatable bonds is 11. The van der Waals surface area contributed by atoms with Crippen molar-refractivity contribution in [2.75, 3.05) is 6.61 Å². The molecule has 1 aromatic rings. The zero-order chi connectivity index (χ0) is 23.7. The fourth-order valence-electron chi connectivity index (χ4n) is 3.70. The Labute approximate surface area is 184 Å². The number of aliphatic carboxylic acids is 1. The third-order valence-corrected chi connectivity index (χ3v) is 5.39. The first-order valence-electron chi connectivity index (χ1n) is 10.5. The van der Waals surface area contributed by atoms with Crippen molar-refractivity contribution in [1.29, 1.82) is 0 Å². The Morgan fingerprint density at radius 2 is 1.97 bits per heavy atom. The second-order valence-electron chi connectivity index (χ2n) is 7.89. The van der Waals surface area contributed by atoms with E-state index >= 15 is 0 Å². The van der Waals surface area contributed by atoms with Crippen LogP contribution < -0.4 is 4.74 Å². The van der Waals surface area contributed by atoms with Crippen LogP contribution in [0, 0.1) is 11.8 Å². The van der Waals surface area contributed by atoms with Gasteiger partial charge in [0.25, 0.3) is 0 Å². The molecular weight excluding hydrogens is 429 g/mol. The monoisotopic (exact) mass is 458 g/mol. The number of carboxylic acids is 1. The van der Waals surface area contributed by atoms with Crippen molar-refractivity contribution in [3.05, 3.63) is 54.1 Å². The molecule has 0 heterocycles. The van der Waals surface area contributed by atoms with Gasteiger partial charge in [0.05, 0.1) is 17.8 Å². The summed E-state index contributed by atoms with van der Waals surface area (Å²) in [7, 11) is 0. The first kappa shape index (κ1) is 25.9. The number of allylic oxidation sites excluding steroid dienone is 2. The minimum atomic E-state index is -4.49. The van der Waals surface area contributed by atoms with Crippen molar-refractivity contribution < 1.29 is 43.1 Å². The van der Waals surface area contributed by atoms with Gasteiger partial charge in [0.1, 0.15) is 18.5 Å². The van der Waals surface area contributed by atoms with Crippen molar-refractivity contribution in [3.63, 3.8) is 0 Å². The minimum Gasteiger partial charge on any atom is -0.491 e. The number of halogens is 3. The molecule has 1 saturated carbocycles. The van der Waals surface area contributed by atoms with Gasteiger partial charge in [-0.25, -0.2) is 0 Å². The van der Waals surface area contributed by atoms with Crippen LogP contribution in [0.15, 0.2) is 48.6 Å². The third-order valence-electron chi connectivity index (χ3n) is 5.39. The van der Waals surface area contributed by atoms with E-state index in [9.17, 15) is 33.3 Å². The molecule has 6 nitrogen and oxygen atoms in total. The highest BCUT2D eigenvalue weighted by Crippen LogP contribution is 2.36. The molecule has 0 saturated heterocycles. The maximum absolute atomic E-state index is 12.8. The molecule has 32 heavy (non-hydrogen) atoms. The number of hydrogen-bond donors (Lipinski definition) is 4. The molecule has 178 valence electrons. The largest absolute Gasteiger partial charge is 0.491 e. The summed E-state index contributed by atoms with van der Waals surface area (Å²) in [4.78, 5) is 10.5. The molecule has 0 aromatic heterocycles. The molecule has 0 bridgehead atoms. The number of aliphatic hydroxyl groups is 3. The maximum atomic E-state index is 12.8. The van der Waals surface area contributed by atoms with E-state index < -0.39 is 41.9 Å². The number of benzene rings is 1. The minimum absolute atomic E-state index is 0.0190. The third kappa shape index (κ3) is 8.29. The van der Waals surface area contributed by atoms with Gasteiger partial charge in [0.2, 0.25) is 0 Å². The van der Waals surface area contributed by atoms with E-state index in [2.05, 4.69) is 0 Å². The van der Waals surface area contributed by atoms with E-state index in [-0.39, 0.29) is 31.1 Å². The lowest BCUT2D eigenvalue weighted by Crippen LogP contribution is -2.21. The Hall–Kier alpha value is -2.36. The van der Waals surface area contributed by atoms with Gasteiger partial charge in [-0.15, -0.1) is 0 Å². The fraction of sp³-hybridized carbons (Fsp3) is 0.522. The van der Waals surface area contributed by atoms with E-state index in [0.29, 0.717) is 19.3 Å². The smallest absolute Gasteiger partial charge is 0.416 e. The van der Waals surface area contributed by atoms with E-state index in [4.69, 9.17) is 9.84 Å². The summed E-state index contributed by atoms with van der Waals surface area (Å²) >= 11 is 0. The van der Waals surface area contributed by atoms with Crippen molar-refractivity contribution in [2.24, 2.45) is 11.8 Å². The second-order valence-corrected chi connectivity index (χ2v) is 7.89. The summed E-state index contributed by atoms with van der Waals surface area (Å²) in [6, 6.07) is 4.36. The molecule has 9 heteroatoms. The summed E-state index contributed by atoms with van der Waals surface area (Å²) in [5, 5.41) is 39.2. The molecule has 0 radical (unpaired) electrons. The summed E-state index contributed by atoms with van der Waals surface area (Å²) in [6.07, 6.45) is 1.48. The van der Waals surface area contributed by atoms with Crippen LogP contribution in [0.2, 0.25) is 0 Å². The molecule has 5 atom stereocenters. The van der Waals surface area contributed by atoms with Crippen LogP contribution in [0.25, 0.3) is 0 Å². The number of unbranched alkanes of at least 4 members (excludes halogenated alkanes) is 1. The van der Waals surface area contributed by atoms with Gasteiger partial charge in [0.15, 0.2) is 0 Å². The Kier molecular flexibility index (Phi) is 9.74. The molecule has 0 unspecified atom stereocenters. The molecular formula is C23H29F3O6. The van der Waals surface area contributed by atoms with Gasteiger partial charge < -0.3 is 25.2 Å². The highest BCUT2D eigenvalue weighted by molar-refractivity contribution is 5.66. The van der Waals surface area contributed by atoms with Crippen LogP contribution in [0.1, 0.15) is 37.7 Å². The van der Waals surface area contributed by atoms with Crippen LogP contribution in [0.5, 0.6) is 5.75 Å². The van der Waals surface area contributed by atoms with Crippen LogP contribution in [-0.2, 0) is 11.0 Å². The Morgan fingerprint density at radius 3 is 2.66 bits per heavy atom. The van der Waals surface area contributed by atoms with Crippen LogP contribution in [-0.4, -0.2) is 51.3 Å². The van der Waals surface area contributed by atoms with Crippen molar-refractivity contribution in [1.82, 2.24) is 0 Å². The zero-order valence-corrected chi connectivity index (χ0v) is 17.5. The average Bonchev–Trinajstić information content (AvgIpc) is 2.99. The normalized spacial score (nSPS) is 24.9. The van der Waals surface area contributed by atoms with Gasteiger partial charge in [-0.1, -0.05) is 30.4 Å². The summed E-state index contributed by atoms with van der Waals surface area (Å²) in [5.41, 5.74) is -0.845. The summed E-state index contributed by atoms with van der Waals surface area (Å²) < 4.78 is 43.5. The molecule has 2 rings (SSSR count). The summed E-state index contributed by atoms with van der Waals surface area (Å²) in [6.45, 7) is -0.267. The lowest BCUT2D eigenvalue weighted by atomic mass is 9.89. The molecule has 1 aliphatic rings. The highest BCUT2D eigenvalue weighted by Gasteiger charge is 2.39. The zero-order valence-electron chi connectivity index (χ0n) is 17.5. The van der Waals surface area contributed by atoms with Gasteiger partial charge >= 0.3 is 12.1 Å². The van der Waals surface area contributed by atoms with E-state index in [1.54, 1.807) is 6.08 Å². The van der Waals surface area contributed by atoms with Gasteiger partial charge in [-0.05, 0) is 43.4 Å². The Balaban J connectivity index is 1.87. The van der Waals surface area contributed by atoms with E-state index in [0.717, 1.165) is 12.1 Å². The van der Waals surface area contributed by atoms with Crippen LogP contribution in [0.3, 0.4) is 0 Å². The molecule has 0 spiro atoms. The predicted octanol–water partition coefficient (Wildman–Crippen LogP) is 3.56. The molecule has 1 fully saturated rings. The first-order valence-corrected chi connectivity index (χ1v) is 10.5. The standard InChI is InChI=1S/C23H29F3O6/c24-23(25,26)15-6-5-7-17(12-15)32-14-16(27)10-11-19-18(20(28)13-21(19)29)8-3-1-2-4-9-22(30)31/h1,3,5-7,10-12,16,18-21,27-29H,2,4,8-9,13-14H2,(H,30,31)/b3-1+,11-10+/t16-,18+,19+,20-,21+/m0/s1. The van der Waals surface area contributed by atoms with Crippen molar-refractivity contribution in [2.45, 2.75) is 56.6 Å². The summed E-state index contributed by atoms with van der Waals surface area (Å²) in [5.74, 6) is -1.55. The predicted molar refractivity (Wildman–Crippen MR) is 111 cm³/mol. The lowest BCUT2D eigenvalue weighted by Gasteiger charge is -2.19. The number of ether oxygens (including phenoxy) is 1. The number of hydrogen-bond acceptors (Lipinski definition) is 5. The number of carbonyl (C=O) groups is 1. The SMILES string of the molecule is O=C(O)CCC/C=C/C[C@@H]1[C@@H](/C=C/[C@H](O)COc2cccc(C(F)(F)F)c2)[C@H](O)C[C@@H]1O. The molecule has 0 amide bonds. The van der Waals surface area contributed by atoms with Gasteiger partial charge in [-0.3, -0.25) is 4.79 Å². The number of alkyl halides is 3. The molecule has 0 aliphatic heterocycles. The molecule has 1 aromatic carbocycles. The molecule has 4 N–H and O–H groups in total. The fourth-order valence-corrected chi connectivity index (χ4v) is 3.70. The number of aliphatic hydroxyl groups excluding tert-OH is 3. The lowest BCUT2D eigenvalue weighted by molar-refractivity contribution is -0.138. The van der Waals surface area contributed by atoms with Crippen molar-refractivity contribution in [3.8, 4) is 5.75 Å². The van der Waals surface area contributed by atoms with Gasteiger partial charge in [0, 0.05) is 18.8 Å². The van der Waals surface area contributed by atoms with Crippen LogP contribution in [0.4, 0.5) is 13.2 Å². The Morgan fingerprint density at radius 1 is 1.22 bits per heavy atom. The average molecular weight is 458 g/mol. The van der Waals surface area contributed by atoms with Crippen molar-refractivity contribution >= 4 is 5.97 Å². The topological polar surface area (TPSA) is 107 Å². The van der Waals surface area contributed by atoms with E-state index in [1.807, 2.05) is 12.2 Å². The van der Waals surface area contributed by atoms with E-state index in [1.165, 1.54) is 18.2 Å². The number of carboxylic acid groups (broad SMARTS) is 1. The quantitative estimate of drug-likeness (QED) is 0.298. The van der Waals surface area contributed by atoms with Crippen LogP contribution >= 0.6 is 0 Å². The first-order chi connectivity index (χ1) is 15.1. The second kappa shape index (κ2) is 12.0. The van der Waals surface area contributed by atoms with Gasteiger partial charge in [-0.2, -0.15) is 13.2 Å². The maximum Gasteiger partial charge on any atom is 0.416 e. The Bertz CT molecular complexity index is 792. The highest BCUT2D eigenvalue weighted by atomic mass is 19.4.